The van der Waals surface area contributed by atoms with Crippen molar-refractivity contribution in [3.05, 3.63) is 11.3 Å². The first-order valence-corrected chi connectivity index (χ1v) is 4.86. The van der Waals surface area contributed by atoms with Gasteiger partial charge in [-0.05, 0) is 0 Å². The van der Waals surface area contributed by atoms with Crippen molar-refractivity contribution in [3.63, 3.8) is 0 Å². The van der Waals surface area contributed by atoms with Gasteiger partial charge >= 0.3 is 12.2 Å². The smallest absolute Gasteiger partial charge is 0.434 e. The Kier molecular flexibility index (Phi) is 2.62. The van der Waals surface area contributed by atoms with Crippen LogP contribution in [0.25, 0.3) is 0 Å². The van der Waals surface area contributed by atoms with Crippen molar-refractivity contribution in [2.24, 2.45) is 0 Å². The summed E-state index contributed by atoms with van der Waals surface area (Å²) < 4.78 is 10.2. The van der Waals surface area contributed by atoms with Crippen LogP contribution in [0.4, 0.5) is 15.4 Å². The minimum Gasteiger partial charge on any atom is -0.453 e. The van der Waals surface area contributed by atoms with Gasteiger partial charge in [0, 0.05) is 5.56 Å². The van der Waals surface area contributed by atoms with E-state index in [1.165, 1.54) is 19.1 Å². The second kappa shape index (κ2) is 3.96. The molecule has 92 valence electrons. The highest BCUT2D eigenvalue weighted by Crippen LogP contribution is 2.27. The molecule has 0 radical (unpaired) electrons. The van der Waals surface area contributed by atoms with E-state index in [1.807, 2.05) is 0 Å². The van der Waals surface area contributed by atoms with E-state index in [1.54, 1.807) is 0 Å². The zero-order chi connectivity index (χ0) is 12.6. The molecule has 0 saturated carbocycles. The number of anilines is 1. The number of amides is 1. The van der Waals surface area contributed by atoms with Crippen LogP contribution < -0.4 is 5.73 Å². The lowest BCUT2D eigenvalue weighted by molar-refractivity contribution is 0.121. The number of nitrogen functional groups attached to an aromatic ring is 1. The topological polar surface area (TPSA) is 99.7 Å². The van der Waals surface area contributed by atoms with Crippen LogP contribution in [0.5, 0.6) is 0 Å². The van der Waals surface area contributed by atoms with Gasteiger partial charge in [-0.25, -0.2) is 9.59 Å². The fraction of sp³-hybridized carbons (Fsp3) is 0.444. The Bertz CT molecular complexity index is 482. The molecule has 0 atom stereocenters. The maximum atomic E-state index is 11.4. The van der Waals surface area contributed by atoms with E-state index < -0.39 is 12.2 Å². The number of carbonyl (C=O) groups is 2. The number of carbonyl (C=O) groups excluding carboxylic acids is 2. The summed E-state index contributed by atoms with van der Waals surface area (Å²) in [5.74, 6) is 0.219. The molecule has 8 nitrogen and oxygen atoms in total. The summed E-state index contributed by atoms with van der Waals surface area (Å²) in [4.78, 5) is 24.2. The molecule has 1 amide bonds. The van der Waals surface area contributed by atoms with Gasteiger partial charge in [-0.15, -0.1) is 5.10 Å². The largest absolute Gasteiger partial charge is 0.453 e. The fourth-order valence-electron chi connectivity index (χ4n) is 1.76. The molecule has 0 fully saturated rings. The van der Waals surface area contributed by atoms with E-state index in [-0.39, 0.29) is 18.9 Å². The molecule has 8 heteroatoms. The van der Waals surface area contributed by atoms with E-state index in [4.69, 9.17) is 5.73 Å². The molecule has 1 aromatic heterocycles. The van der Waals surface area contributed by atoms with Crippen LogP contribution in [-0.2, 0) is 22.6 Å². The van der Waals surface area contributed by atoms with Gasteiger partial charge in [-0.1, -0.05) is 0 Å². The third-order valence-corrected chi connectivity index (χ3v) is 2.59. The average Bonchev–Trinajstić information content (AvgIpc) is 2.88. The highest BCUT2D eigenvalue weighted by molar-refractivity contribution is 5.74. The molecule has 2 rings (SSSR count). The van der Waals surface area contributed by atoms with Crippen molar-refractivity contribution in [3.8, 4) is 0 Å². The predicted octanol–water partition coefficient (Wildman–Crippen LogP) is 0.162. The van der Waals surface area contributed by atoms with E-state index >= 15 is 0 Å². The minimum absolute atomic E-state index is 0.219. The molecule has 1 aliphatic rings. The van der Waals surface area contributed by atoms with Crippen LogP contribution in [-0.4, -0.2) is 41.1 Å². The Morgan fingerprint density at radius 3 is 2.47 bits per heavy atom. The van der Waals surface area contributed by atoms with Crippen LogP contribution in [0, 0.1) is 0 Å². The van der Waals surface area contributed by atoms with Gasteiger partial charge in [-0.2, -0.15) is 4.68 Å². The third-order valence-electron chi connectivity index (χ3n) is 2.59. The van der Waals surface area contributed by atoms with Gasteiger partial charge in [0.1, 0.15) is 0 Å². The number of fused-ring (bicyclic) bond motifs is 1. The predicted molar refractivity (Wildman–Crippen MR) is 56.1 cm³/mol. The van der Waals surface area contributed by atoms with Crippen LogP contribution in [0.1, 0.15) is 11.3 Å². The maximum Gasteiger partial charge on any atom is 0.434 e. The van der Waals surface area contributed by atoms with Gasteiger partial charge in [0.15, 0.2) is 5.82 Å². The zero-order valence-corrected chi connectivity index (χ0v) is 9.47. The zero-order valence-electron chi connectivity index (χ0n) is 9.47. The molecule has 0 unspecified atom stereocenters. The molecule has 0 aliphatic carbocycles. The summed E-state index contributed by atoms with van der Waals surface area (Å²) in [5, 5.41) is 3.86. The molecule has 1 aromatic rings. The average molecular weight is 240 g/mol. The van der Waals surface area contributed by atoms with Crippen molar-refractivity contribution in [2.75, 3.05) is 20.0 Å². The Labute approximate surface area is 96.9 Å². The number of methoxy groups -OCH3 is 2. The number of aromatic nitrogens is 2. The second-order valence-electron chi connectivity index (χ2n) is 3.52. The summed E-state index contributed by atoms with van der Waals surface area (Å²) in [6.45, 7) is 0.506. The monoisotopic (exact) mass is 240 g/mol. The van der Waals surface area contributed by atoms with Gasteiger partial charge < -0.3 is 15.2 Å². The number of rotatable bonds is 0. The number of ether oxygens (including phenoxy) is 2. The van der Waals surface area contributed by atoms with Gasteiger partial charge in [-0.3, -0.25) is 4.90 Å². The minimum atomic E-state index is -0.635. The fourth-order valence-corrected chi connectivity index (χ4v) is 1.76. The standard InChI is InChI=1S/C9H12N4O4/c1-16-8(14)12-3-5-6(4-12)13(9(15)17-2)11-7(5)10/h3-4H2,1-2H3,(H2,10,11). The molecule has 0 saturated heterocycles. The Balaban J connectivity index is 2.32. The van der Waals surface area contributed by atoms with E-state index in [0.717, 1.165) is 4.68 Å². The van der Waals surface area contributed by atoms with Crippen molar-refractivity contribution in [1.29, 1.82) is 0 Å². The summed E-state index contributed by atoms with van der Waals surface area (Å²) in [5.41, 5.74) is 6.88. The lowest BCUT2D eigenvalue weighted by atomic mass is 10.3. The molecule has 2 N–H and O–H groups in total. The first-order chi connectivity index (χ1) is 8.08. The SMILES string of the molecule is COC(=O)N1Cc2c(N)nn(C(=O)OC)c2C1. The summed E-state index contributed by atoms with van der Waals surface area (Å²) >= 11 is 0. The van der Waals surface area contributed by atoms with E-state index in [9.17, 15) is 9.59 Å². The maximum absolute atomic E-state index is 11.4. The lowest BCUT2D eigenvalue weighted by Crippen LogP contribution is -2.27. The van der Waals surface area contributed by atoms with Crippen molar-refractivity contribution >= 4 is 18.0 Å². The van der Waals surface area contributed by atoms with Gasteiger partial charge in [0.25, 0.3) is 0 Å². The molecular weight excluding hydrogens is 228 g/mol. The van der Waals surface area contributed by atoms with Crippen molar-refractivity contribution in [2.45, 2.75) is 13.1 Å². The highest BCUT2D eigenvalue weighted by Gasteiger charge is 2.32. The Morgan fingerprint density at radius 1 is 1.24 bits per heavy atom. The molecular formula is C9H12N4O4. The van der Waals surface area contributed by atoms with E-state index in [2.05, 4.69) is 14.6 Å². The third kappa shape index (κ3) is 1.67. The normalized spacial score (nSPS) is 13.4. The molecule has 17 heavy (non-hydrogen) atoms. The number of nitrogens with zero attached hydrogens (tertiary/aromatic N) is 3. The van der Waals surface area contributed by atoms with Crippen LogP contribution in [0.3, 0.4) is 0 Å². The number of hydrogen-bond acceptors (Lipinski definition) is 6. The molecule has 0 spiro atoms. The lowest BCUT2D eigenvalue weighted by Gasteiger charge is -2.13. The first kappa shape index (κ1) is 11.2. The quantitative estimate of drug-likeness (QED) is 0.693. The van der Waals surface area contributed by atoms with Gasteiger partial charge in [0.2, 0.25) is 0 Å². The van der Waals surface area contributed by atoms with E-state index in [0.29, 0.717) is 11.3 Å². The molecule has 2 heterocycles. The Morgan fingerprint density at radius 2 is 1.88 bits per heavy atom. The van der Waals surface area contributed by atoms with Crippen molar-refractivity contribution in [1.82, 2.24) is 14.7 Å². The summed E-state index contributed by atoms with van der Waals surface area (Å²) in [7, 11) is 2.54. The first-order valence-electron chi connectivity index (χ1n) is 4.86. The number of hydrogen-bond donors (Lipinski definition) is 1. The van der Waals surface area contributed by atoms with Crippen LogP contribution in [0.15, 0.2) is 0 Å². The van der Waals surface area contributed by atoms with Crippen LogP contribution in [0.2, 0.25) is 0 Å². The number of nitrogens with two attached hydrogens (primary N) is 1. The summed E-state index contributed by atoms with van der Waals surface area (Å²) in [6, 6.07) is 0. The second-order valence-corrected chi connectivity index (χ2v) is 3.52. The molecule has 0 bridgehead atoms. The Hall–Kier alpha value is -2.25. The van der Waals surface area contributed by atoms with Gasteiger partial charge in [0.05, 0.1) is 33.0 Å². The van der Waals surface area contributed by atoms with Crippen LogP contribution >= 0.6 is 0 Å². The summed E-state index contributed by atoms with van der Waals surface area (Å²) in [6.07, 6.45) is -1.11. The molecule has 1 aliphatic heterocycles. The molecule has 0 aromatic carbocycles. The van der Waals surface area contributed by atoms with Crippen molar-refractivity contribution < 1.29 is 19.1 Å². The highest BCUT2D eigenvalue weighted by atomic mass is 16.5.